The molecule has 0 saturated carbocycles. The summed E-state index contributed by atoms with van der Waals surface area (Å²) in [5.74, 6) is 0. The molecule has 2 N–H and O–H groups in total. The van der Waals surface area contributed by atoms with Gasteiger partial charge in [0.15, 0.2) is 0 Å². The molecule has 8 heavy (non-hydrogen) atoms. The summed E-state index contributed by atoms with van der Waals surface area (Å²) in [6.07, 6.45) is 0.0926. The molecule has 0 aromatic carbocycles. The van der Waals surface area contributed by atoms with E-state index in [1.807, 2.05) is 26.0 Å². The highest BCUT2D eigenvalue weighted by Crippen LogP contribution is 1.82. The first-order valence-electron chi connectivity index (χ1n) is 2.67. The van der Waals surface area contributed by atoms with Crippen molar-refractivity contribution >= 4 is 0 Å². The Hall–Kier alpha value is -0.120. The zero-order valence-corrected chi connectivity index (χ0v) is 5.68. The third-order valence-corrected chi connectivity index (χ3v) is 1.13. The van der Waals surface area contributed by atoms with Gasteiger partial charge in [-0.3, -0.25) is 4.90 Å². The predicted octanol–water partition coefficient (Wildman–Crippen LogP) is -0.914. The Labute approximate surface area is 50.3 Å². The second-order valence-corrected chi connectivity index (χ2v) is 1.95. The van der Waals surface area contributed by atoms with Gasteiger partial charge in [0.2, 0.25) is 0 Å². The number of likely N-dealkylation sites (N-methyl/N-ethyl adjacent to an activating group) is 2. The van der Waals surface area contributed by atoms with Gasteiger partial charge in [-0.05, 0) is 21.1 Å². The van der Waals surface area contributed by atoms with Gasteiger partial charge in [0.05, 0.1) is 12.8 Å². The molecule has 1 atom stereocenters. The molecule has 0 fully saturated rings. The fraction of sp³-hybridized carbons (Fsp3) is 1.00. The Balaban J connectivity index is 3.35. The van der Waals surface area contributed by atoms with Gasteiger partial charge in [-0.25, -0.2) is 0 Å². The van der Waals surface area contributed by atoms with E-state index in [9.17, 15) is 0 Å². The van der Waals surface area contributed by atoms with Crippen molar-refractivity contribution in [1.82, 2.24) is 10.2 Å². The molecule has 0 rings (SSSR count). The Morgan fingerprint density at radius 3 is 2.12 bits per heavy atom. The van der Waals surface area contributed by atoms with E-state index in [-0.39, 0.29) is 12.8 Å². The molecular weight excluding hydrogens is 104 g/mol. The summed E-state index contributed by atoms with van der Waals surface area (Å²) in [5.41, 5.74) is 0. The van der Waals surface area contributed by atoms with Crippen molar-refractivity contribution in [1.29, 1.82) is 0 Å². The molecule has 0 amide bonds. The maximum atomic E-state index is 8.59. The largest absolute Gasteiger partial charge is 0.393 e. The summed E-state index contributed by atoms with van der Waals surface area (Å²) in [4.78, 5) is 1.92. The fourth-order valence-electron chi connectivity index (χ4n) is 0.513. The summed E-state index contributed by atoms with van der Waals surface area (Å²) in [6, 6.07) is 0. The number of hydrogen-bond acceptors (Lipinski definition) is 3. The lowest BCUT2D eigenvalue weighted by Crippen LogP contribution is -2.41. The normalized spacial score (nSPS) is 14.6. The fourth-order valence-corrected chi connectivity index (χ4v) is 0.513. The number of nitrogens with zero attached hydrogens (tertiary/aromatic N) is 1. The second-order valence-electron chi connectivity index (χ2n) is 1.95. The van der Waals surface area contributed by atoms with Crippen molar-refractivity contribution in [3.63, 3.8) is 0 Å². The van der Waals surface area contributed by atoms with Crippen LogP contribution in [0.1, 0.15) is 0 Å². The molecule has 0 bridgehead atoms. The first kappa shape index (κ1) is 7.88. The summed E-state index contributed by atoms with van der Waals surface area (Å²) >= 11 is 0. The monoisotopic (exact) mass is 118 g/mol. The van der Waals surface area contributed by atoms with Crippen molar-refractivity contribution in [3.05, 3.63) is 0 Å². The molecule has 50 valence electrons. The van der Waals surface area contributed by atoms with Gasteiger partial charge in [-0.15, -0.1) is 0 Å². The van der Waals surface area contributed by atoms with E-state index in [0.717, 1.165) is 0 Å². The Morgan fingerprint density at radius 1 is 1.62 bits per heavy atom. The van der Waals surface area contributed by atoms with E-state index in [0.29, 0.717) is 0 Å². The summed E-state index contributed by atoms with van der Waals surface area (Å²) < 4.78 is 0. The van der Waals surface area contributed by atoms with E-state index in [4.69, 9.17) is 5.11 Å². The van der Waals surface area contributed by atoms with Crippen LogP contribution in [0, 0.1) is 0 Å². The minimum atomic E-state index is 0.0926. The molecule has 0 spiro atoms. The molecule has 0 heterocycles. The van der Waals surface area contributed by atoms with E-state index in [1.54, 1.807) is 0 Å². The molecule has 1 unspecified atom stereocenters. The van der Waals surface area contributed by atoms with Crippen LogP contribution in [-0.4, -0.2) is 43.9 Å². The average molecular weight is 118 g/mol. The molecular formula is C5H14N2O. The standard InChI is InChI=1S/C5H14N2O/c1-6-5(4-8)7(2)3/h5-6,8H,4H2,1-3H3. The van der Waals surface area contributed by atoms with Crippen LogP contribution in [-0.2, 0) is 0 Å². The van der Waals surface area contributed by atoms with Crippen molar-refractivity contribution < 1.29 is 5.11 Å². The van der Waals surface area contributed by atoms with Crippen molar-refractivity contribution in [2.45, 2.75) is 6.17 Å². The highest BCUT2D eigenvalue weighted by molar-refractivity contribution is 4.56. The van der Waals surface area contributed by atoms with Crippen LogP contribution in [0.2, 0.25) is 0 Å². The number of nitrogens with one attached hydrogen (secondary N) is 1. The van der Waals surface area contributed by atoms with Crippen molar-refractivity contribution in [2.75, 3.05) is 27.7 Å². The van der Waals surface area contributed by atoms with Gasteiger partial charge in [0.25, 0.3) is 0 Å². The van der Waals surface area contributed by atoms with Gasteiger partial charge in [-0.1, -0.05) is 0 Å². The Morgan fingerprint density at radius 2 is 2.12 bits per heavy atom. The maximum Gasteiger partial charge on any atom is 0.0828 e. The SMILES string of the molecule is CNC(CO)N(C)C. The first-order valence-corrected chi connectivity index (χ1v) is 2.67. The third kappa shape index (κ3) is 2.26. The first-order chi connectivity index (χ1) is 3.72. The van der Waals surface area contributed by atoms with Crippen LogP contribution in [0.15, 0.2) is 0 Å². The van der Waals surface area contributed by atoms with Crippen LogP contribution in [0.3, 0.4) is 0 Å². The molecule has 0 aromatic rings. The number of hydrogen-bond donors (Lipinski definition) is 2. The Bertz CT molecular complexity index is 52.4. The lowest BCUT2D eigenvalue weighted by molar-refractivity contribution is 0.149. The van der Waals surface area contributed by atoms with Gasteiger partial charge in [0, 0.05) is 0 Å². The van der Waals surface area contributed by atoms with Crippen LogP contribution >= 0.6 is 0 Å². The number of aliphatic hydroxyl groups is 1. The van der Waals surface area contributed by atoms with Crippen LogP contribution in [0.4, 0.5) is 0 Å². The third-order valence-electron chi connectivity index (χ3n) is 1.13. The predicted molar refractivity (Wildman–Crippen MR) is 33.6 cm³/mol. The molecule has 0 aliphatic rings. The molecule has 0 aliphatic heterocycles. The van der Waals surface area contributed by atoms with E-state index >= 15 is 0 Å². The van der Waals surface area contributed by atoms with Crippen LogP contribution in [0.5, 0.6) is 0 Å². The molecule has 0 aromatic heterocycles. The van der Waals surface area contributed by atoms with Gasteiger partial charge in [-0.2, -0.15) is 0 Å². The zero-order valence-electron chi connectivity index (χ0n) is 5.68. The smallest absolute Gasteiger partial charge is 0.0828 e. The van der Waals surface area contributed by atoms with E-state index in [2.05, 4.69) is 5.32 Å². The highest BCUT2D eigenvalue weighted by atomic mass is 16.3. The summed E-state index contributed by atoms with van der Waals surface area (Å²) in [7, 11) is 5.65. The van der Waals surface area contributed by atoms with Gasteiger partial charge < -0.3 is 10.4 Å². The highest BCUT2D eigenvalue weighted by Gasteiger charge is 2.03. The molecule has 3 nitrogen and oxygen atoms in total. The molecule has 0 radical (unpaired) electrons. The van der Waals surface area contributed by atoms with E-state index < -0.39 is 0 Å². The lowest BCUT2D eigenvalue weighted by Gasteiger charge is -2.20. The topological polar surface area (TPSA) is 35.5 Å². The minimum absolute atomic E-state index is 0.0926. The summed E-state index contributed by atoms with van der Waals surface area (Å²) in [5, 5.41) is 11.5. The van der Waals surface area contributed by atoms with Gasteiger partial charge >= 0.3 is 0 Å². The number of rotatable bonds is 3. The lowest BCUT2D eigenvalue weighted by atomic mass is 10.5. The van der Waals surface area contributed by atoms with Crippen molar-refractivity contribution in [3.8, 4) is 0 Å². The molecule has 3 heteroatoms. The van der Waals surface area contributed by atoms with Crippen LogP contribution < -0.4 is 5.32 Å². The Kier molecular flexibility index (Phi) is 3.77. The van der Waals surface area contributed by atoms with Crippen molar-refractivity contribution in [2.24, 2.45) is 0 Å². The minimum Gasteiger partial charge on any atom is -0.393 e. The number of aliphatic hydroxyl groups excluding tert-OH is 1. The quantitative estimate of drug-likeness (QED) is 0.471. The molecule has 0 aliphatic carbocycles. The van der Waals surface area contributed by atoms with E-state index in [1.165, 1.54) is 0 Å². The maximum absolute atomic E-state index is 8.59. The zero-order chi connectivity index (χ0) is 6.57. The summed E-state index contributed by atoms with van der Waals surface area (Å²) in [6.45, 7) is 0.156. The molecule has 0 saturated heterocycles. The van der Waals surface area contributed by atoms with Crippen LogP contribution in [0.25, 0.3) is 0 Å². The van der Waals surface area contributed by atoms with Gasteiger partial charge in [0.1, 0.15) is 0 Å². The second kappa shape index (κ2) is 3.83. The average Bonchev–Trinajstić information content (AvgIpc) is 1.69.